The summed E-state index contributed by atoms with van der Waals surface area (Å²) in [5.74, 6) is 2.25. The van der Waals surface area contributed by atoms with Gasteiger partial charge in [-0.2, -0.15) is 0 Å². The van der Waals surface area contributed by atoms with Gasteiger partial charge in [0.1, 0.15) is 23.6 Å². The summed E-state index contributed by atoms with van der Waals surface area (Å²) in [4.78, 5) is 0. The summed E-state index contributed by atoms with van der Waals surface area (Å²) in [6, 6.07) is 7.91. The second kappa shape index (κ2) is 7.36. The first kappa shape index (κ1) is 18.8. The van der Waals surface area contributed by atoms with Crippen molar-refractivity contribution in [1.29, 1.82) is 0 Å². The van der Waals surface area contributed by atoms with Crippen LogP contribution >= 0.6 is 7.14 Å². The van der Waals surface area contributed by atoms with E-state index in [1.807, 2.05) is 32.0 Å². The molecular formula is C21H27O4P. The third-order valence-electron chi connectivity index (χ3n) is 4.99. The van der Waals surface area contributed by atoms with E-state index >= 15 is 0 Å². The Morgan fingerprint density at radius 2 is 1.77 bits per heavy atom. The average Bonchev–Trinajstić information content (AvgIpc) is 2.97. The zero-order valence-corrected chi connectivity index (χ0v) is 17.1. The van der Waals surface area contributed by atoms with Gasteiger partial charge in [-0.3, -0.25) is 0 Å². The number of fused-ring (bicyclic) bond motifs is 1. The fourth-order valence-corrected chi connectivity index (χ4v) is 6.64. The molecule has 0 bridgehead atoms. The number of unbranched alkanes of at least 4 members (excludes halogenated alkanes) is 1. The molecule has 1 aliphatic heterocycles. The molecule has 0 aromatic heterocycles. The molecule has 0 aliphatic carbocycles. The van der Waals surface area contributed by atoms with Crippen LogP contribution in [0.1, 0.15) is 30.9 Å². The molecule has 0 saturated heterocycles. The summed E-state index contributed by atoms with van der Waals surface area (Å²) >= 11 is 0. The molecule has 5 heteroatoms. The van der Waals surface area contributed by atoms with Crippen LogP contribution in [0.15, 0.2) is 24.3 Å². The number of rotatable bonds is 6. The molecule has 1 unspecified atom stereocenters. The highest BCUT2D eigenvalue weighted by Gasteiger charge is 2.38. The number of ether oxygens (including phenoxy) is 3. The second-order valence-corrected chi connectivity index (χ2v) is 9.78. The molecule has 1 heterocycles. The minimum Gasteiger partial charge on any atom is -0.496 e. The van der Waals surface area contributed by atoms with Crippen molar-refractivity contribution in [3.05, 3.63) is 35.4 Å². The van der Waals surface area contributed by atoms with Gasteiger partial charge in [-0.15, -0.1) is 0 Å². The number of methoxy groups -OCH3 is 2. The first-order valence-electron chi connectivity index (χ1n) is 9.03. The van der Waals surface area contributed by atoms with Crippen molar-refractivity contribution < 1.29 is 18.8 Å². The van der Waals surface area contributed by atoms with Gasteiger partial charge in [-0.05, 0) is 43.5 Å². The number of hydrogen-bond donors (Lipinski definition) is 0. The fraction of sp³-hybridized carbons (Fsp3) is 0.429. The molecule has 0 radical (unpaired) electrons. The molecule has 4 nitrogen and oxygen atoms in total. The second-order valence-electron chi connectivity index (χ2n) is 6.84. The van der Waals surface area contributed by atoms with Crippen LogP contribution in [0.25, 0.3) is 11.1 Å². The Morgan fingerprint density at radius 1 is 1.12 bits per heavy atom. The molecular weight excluding hydrogens is 347 g/mol. The lowest BCUT2D eigenvalue weighted by Crippen LogP contribution is -2.10. The number of hydrogen-bond acceptors (Lipinski definition) is 4. The van der Waals surface area contributed by atoms with Gasteiger partial charge in [0, 0.05) is 11.7 Å². The molecule has 0 N–H and O–H groups in total. The minimum absolute atomic E-state index is 0.286. The molecule has 2 aromatic carbocycles. The fourth-order valence-electron chi connectivity index (χ4n) is 3.81. The normalized spacial score (nSPS) is 18.3. The van der Waals surface area contributed by atoms with Gasteiger partial charge < -0.3 is 18.8 Å². The quantitative estimate of drug-likeness (QED) is 0.658. The lowest BCUT2D eigenvalue weighted by molar-refractivity contribution is 0.392. The van der Waals surface area contributed by atoms with E-state index < -0.39 is 7.14 Å². The molecule has 1 atom stereocenters. The zero-order chi connectivity index (χ0) is 18.9. The number of aryl methyl sites for hydroxylation is 2. The summed E-state index contributed by atoms with van der Waals surface area (Å²) in [6.07, 6.45) is 2.89. The van der Waals surface area contributed by atoms with Crippen LogP contribution in [0.2, 0.25) is 0 Å². The Balaban J connectivity index is 2.32. The van der Waals surface area contributed by atoms with E-state index in [1.54, 1.807) is 14.2 Å². The highest BCUT2D eigenvalue weighted by atomic mass is 31.2. The molecule has 140 valence electrons. The summed E-state index contributed by atoms with van der Waals surface area (Å²) in [7, 11) is 0.723. The van der Waals surface area contributed by atoms with Crippen molar-refractivity contribution in [3.63, 3.8) is 0 Å². The molecule has 1 aliphatic rings. The van der Waals surface area contributed by atoms with Crippen LogP contribution < -0.4 is 19.5 Å². The molecule has 2 aromatic rings. The van der Waals surface area contributed by atoms with E-state index in [2.05, 4.69) is 13.0 Å². The van der Waals surface area contributed by atoms with Crippen molar-refractivity contribution in [2.24, 2.45) is 0 Å². The van der Waals surface area contributed by atoms with Crippen LogP contribution in [-0.4, -0.2) is 26.7 Å². The van der Waals surface area contributed by atoms with Gasteiger partial charge in [0.25, 0.3) is 0 Å². The minimum atomic E-state index is -2.60. The zero-order valence-electron chi connectivity index (χ0n) is 16.2. The maximum atomic E-state index is 13.8. The highest BCUT2D eigenvalue weighted by molar-refractivity contribution is 7.72. The SMILES string of the molecule is CCCCP1(=O)COc2cccc(-c3c(OC)c(C)cc(C)c3OC)c21. The van der Waals surface area contributed by atoms with Crippen molar-refractivity contribution in [2.45, 2.75) is 33.6 Å². The van der Waals surface area contributed by atoms with Gasteiger partial charge in [0.15, 0.2) is 7.14 Å². The van der Waals surface area contributed by atoms with Crippen molar-refractivity contribution in [1.82, 2.24) is 0 Å². The van der Waals surface area contributed by atoms with Gasteiger partial charge in [0.05, 0.1) is 25.1 Å². The summed E-state index contributed by atoms with van der Waals surface area (Å²) in [5.41, 5.74) is 3.83. The summed E-state index contributed by atoms with van der Waals surface area (Å²) in [5, 5.41) is 0.843. The van der Waals surface area contributed by atoms with E-state index in [1.165, 1.54) is 0 Å². The van der Waals surface area contributed by atoms with Crippen LogP contribution in [0, 0.1) is 13.8 Å². The lowest BCUT2D eigenvalue weighted by atomic mass is 9.97. The molecule has 26 heavy (non-hydrogen) atoms. The summed E-state index contributed by atoms with van der Waals surface area (Å²) < 4.78 is 31.0. The van der Waals surface area contributed by atoms with E-state index in [4.69, 9.17) is 14.2 Å². The molecule has 0 amide bonds. The van der Waals surface area contributed by atoms with Crippen LogP contribution in [0.3, 0.4) is 0 Å². The Hall–Kier alpha value is -1.93. The lowest BCUT2D eigenvalue weighted by Gasteiger charge is -2.21. The Morgan fingerprint density at radius 3 is 2.35 bits per heavy atom. The average molecular weight is 374 g/mol. The monoisotopic (exact) mass is 374 g/mol. The first-order chi connectivity index (χ1) is 12.5. The third kappa shape index (κ3) is 3.01. The van der Waals surface area contributed by atoms with Gasteiger partial charge >= 0.3 is 0 Å². The van der Waals surface area contributed by atoms with Crippen molar-refractivity contribution in [2.75, 3.05) is 26.7 Å². The maximum Gasteiger partial charge on any atom is 0.155 e. The molecule has 0 spiro atoms. The van der Waals surface area contributed by atoms with Crippen LogP contribution in [0.4, 0.5) is 0 Å². The molecule has 0 fully saturated rings. The predicted octanol–water partition coefficient (Wildman–Crippen LogP) is 5.13. The Kier molecular flexibility index (Phi) is 5.34. The van der Waals surface area contributed by atoms with Gasteiger partial charge in [-0.1, -0.05) is 25.5 Å². The predicted molar refractivity (Wildman–Crippen MR) is 107 cm³/mol. The first-order valence-corrected chi connectivity index (χ1v) is 11.1. The molecule has 3 rings (SSSR count). The van der Waals surface area contributed by atoms with Crippen molar-refractivity contribution in [3.8, 4) is 28.4 Å². The topological polar surface area (TPSA) is 44.8 Å². The summed E-state index contributed by atoms with van der Waals surface area (Å²) in [6.45, 7) is 6.15. The third-order valence-corrected chi connectivity index (χ3v) is 7.85. The van der Waals surface area contributed by atoms with E-state index in [0.29, 0.717) is 6.16 Å². The molecule has 0 saturated carbocycles. The smallest absolute Gasteiger partial charge is 0.155 e. The van der Waals surface area contributed by atoms with Gasteiger partial charge in [0.2, 0.25) is 0 Å². The Bertz CT molecular complexity index is 845. The number of benzene rings is 2. The van der Waals surface area contributed by atoms with E-state index in [0.717, 1.165) is 57.6 Å². The largest absolute Gasteiger partial charge is 0.496 e. The highest BCUT2D eigenvalue weighted by Crippen LogP contribution is 2.56. The van der Waals surface area contributed by atoms with Gasteiger partial charge in [-0.25, -0.2) is 0 Å². The van der Waals surface area contributed by atoms with E-state index in [9.17, 15) is 4.57 Å². The van der Waals surface area contributed by atoms with E-state index in [-0.39, 0.29) is 6.35 Å². The van der Waals surface area contributed by atoms with Crippen LogP contribution in [-0.2, 0) is 4.57 Å². The maximum absolute atomic E-state index is 13.8. The standard InChI is InChI=1S/C21H27O4P/c1-6-7-11-26(22)13-25-17-10-8-9-16(21(17)26)18-19(23-4)14(2)12-15(3)20(18)24-5/h8-10,12H,6-7,11,13H2,1-5H3. The van der Waals surface area contributed by atoms with Crippen molar-refractivity contribution >= 4 is 12.4 Å². The van der Waals surface area contributed by atoms with Crippen LogP contribution in [0.5, 0.6) is 17.2 Å². The Labute approximate surface area is 155 Å².